The number of unbranched alkanes of at least 4 members (excludes halogenated alkanes) is 1. The highest BCUT2D eigenvalue weighted by Gasteiger charge is 2.33. The molecule has 0 aliphatic carbocycles. The highest BCUT2D eigenvalue weighted by atomic mass is 35.5. The van der Waals surface area contributed by atoms with Crippen LogP contribution in [0.5, 0.6) is 5.75 Å². The molecule has 0 spiro atoms. The van der Waals surface area contributed by atoms with Crippen molar-refractivity contribution < 1.29 is 14.3 Å². The average Bonchev–Trinajstić information content (AvgIpc) is 2.93. The van der Waals surface area contributed by atoms with Gasteiger partial charge in [0.05, 0.1) is 28.0 Å². The molecule has 0 saturated carbocycles. The number of halogens is 2. The van der Waals surface area contributed by atoms with Gasteiger partial charge in [-0.3, -0.25) is 9.69 Å². The van der Waals surface area contributed by atoms with Crippen LogP contribution in [0.4, 0.5) is 16.2 Å². The standard InChI is InChI=1S/C30H40Cl2N4O3/c1-21(2)22(3)33(4)30(38)36-27-20-24(12-10-23(27)11-13-28(36)37)39-19-6-5-14-34-15-17-35(18-16-34)26-9-7-8-25(31)29(26)32/h7-10,12,20-22H,5-6,11,13-19H2,1-4H3. The van der Waals surface area contributed by atoms with Gasteiger partial charge >= 0.3 is 6.03 Å². The number of amides is 3. The Bertz CT molecular complexity index is 1170. The summed E-state index contributed by atoms with van der Waals surface area (Å²) in [6.45, 7) is 11.6. The Labute approximate surface area is 242 Å². The number of urea groups is 1. The molecule has 0 bridgehead atoms. The largest absolute Gasteiger partial charge is 0.494 e. The Kier molecular flexibility index (Phi) is 10.0. The van der Waals surface area contributed by atoms with E-state index >= 15 is 0 Å². The number of carbonyl (C=O) groups is 2. The molecule has 9 heteroatoms. The first-order valence-corrected chi connectivity index (χ1v) is 14.7. The number of rotatable bonds is 9. The van der Waals surface area contributed by atoms with Crippen molar-refractivity contribution in [3.8, 4) is 5.75 Å². The molecule has 39 heavy (non-hydrogen) atoms. The molecule has 2 aromatic carbocycles. The number of benzene rings is 2. The number of imide groups is 1. The van der Waals surface area contributed by atoms with Crippen LogP contribution in [0.2, 0.25) is 10.0 Å². The lowest BCUT2D eigenvalue weighted by atomic mass is 10.0. The predicted octanol–water partition coefficient (Wildman–Crippen LogP) is 6.35. The van der Waals surface area contributed by atoms with E-state index < -0.39 is 0 Å². The molecule has 1 saturated heterocycles. The van der Waals surface area contributed by atoms with E-state index in [1.807, 2.05) is 43.3 Å². The summed E-state index contributed by atoms with van der Waals surface area (Å²) in [5.41, 5.74) is 2.65. The van der Waals surface area contributed by atoms with Crippen LogP contribution in [0.1, 0.15) is 45.6 Å². The van der Waals surface area contributed by atoms with Gasteiger partial charge in [-0.1, -0.05) is 49.2 Å². The quantitative estimate of drug-likeness (QED) is 0.326. The molecule has 3 amide bonds. The van der Waals surface area contributed by atoms with Crippen molar-refractivity contribution in [3.63, 3.8) is 0 Å². The molecule has 1 fully saturated rings. The second-order valence-corrected chi connectivity index (χ2v) is 11.6. The third-order valence-electron chi connectivity index (χ3n) is 8.01. The van der Waals surface area contributed by atoms with Gasteiger partial charge in [0.25, 0.3) is 0 Å². The molecule has 0 aromatic heterocycles. The molecule has 1 atom stereocenters. The number of fused-ring (bicyclic) bond motifs is 1. The first-order valence-electron chi connectivity index (χ1n) is 13.9. The zero-order chi connectivity index (χ0) is 28.1. The predicted molar refractivity (Wildman–Crippen MR) is 160 cm³/mol. The summed E-state index contributed by atoms with van der Waals surface area (Å²) in [6.07, 6.45) is 2.93. The normalized spacial score (nSPS) is 16.8. The number of aryl methyl sites for hydroxylation is 1. The first-order chi connectivity index (χ1) is 18.7. The lowest BCUT2D eigenvalue weighted by Gasteiger charge is -2.36. The molecule has 1 unspecified atom stereocenters. The van der Waals surface area contributed by atoms with E-state index in [9.17, 15) is 9.59 Å². The summed E-state index contributed by atoms with van der Waals surface area (Å²) in [4.78, 5) is 33.8. The SMILES string of the molecule is CC(C)C(C)N(C)C(=O)N1C(=O)CCc2ccc(OCCCCN3CCN(c4cccc(Cl)c4Cl)CC3)cc21. The molecule has 0 N–H and O–H groups in total. The minimum Gasteiger partial charge on any atom is -0.494 e. The van der Waals surface area contributed by atoms with Crippen LogP contribution < -0.4 is 14.5 Å². The zero-order valence-corrected chi connectivity index (χ0v) is 25.0. The van der Waals surface area contributed by atoms with Crippen LogP contribution in [0, 0.1) is 5.92 Å². The lowest BCUT2D eigenvalue weighted by molar-refractivity contribution is -0.118. The van der Waals surface area contributed by atoms with E-state index in [0.717, 1.165) is 56.8 Å². The van der Waals surface area contributed by atoms with Crippen LogP contribution in [0.25, 0.3) is 0 Å². The van der Waals surface area contributed by atoms with Gasteiger partial charge in [0.15, 0.2) is 0 Å². The number of ether oxygens (including phenoxy) is 1. The van der Waals surface area contributed by atoms with Gasteiger partial charge in [-0.15, -0.1) is 0 Å². The number of hydrogen-bond donors (Lipinski definition) is 0. The molecule has 212 valence electrons. The maximum absolute atomic E-state index is 13.3. The van der Waals surface area contributed by atoms with E-state index in [4.69, 9.17) is 27.9 Å². The number of anilines is 2. The Hall–Kier alpha value is -2.48. The Morgan fingerprint density at radius 2 is 1.74 bits per heavy atom. The van der Waals surface area contributed by atoms with Crippen molar-refractivity contribution in [2.45, 2.75) is 52.5 Å². The molecule has 4 rings (SSSR count). The van der Waals surface area contributed by atoms with Crippen molar-refractivity contribution >= 4 is 46.5 Å². The van der Waals surface area contributed by atoms with Gasteiger partial charge in [-0.05, 0) is 62.4 Å². The van der Waals surface area contributed by atoms with Crippen molar-refractivity contribution in [1.29, 1.82) is 0 Å². The van der Waals surface area contributed by atoms with Gasteiger partial charge in [0.1, 0.15) is 5.75 Å². The van der Waals surface area contributed by atoms with E-state index in [1.54, 1.807) is 11.9 Å². The minimum atomic E-state index is -0.281. The summed E-state index contributed by atoms with van der Waals surface area (Å²) in [7, 11) is 1.77. The Morgan fingerprint density at radius 1 is 1.00 bits per heavy atom. The van der Waals surface area contributed by atoms with Crippen molar-refractivity contribution in [3.05, 3.63) is 52.0 Å². The summed E-state index contributed by atoms with van der Waals surface area (Å²) in [5, 5.41) is 1.22. The molecule has 0 radical (unpaired) electrons. The number of hydrogen-bond acceptors (Lipinski definition) is 5. The molecular formula is C30H40Cl2N4O3. The van der Waals surface area contributed by atoms with E-state index in [-0.39, 0.29) is 18.0 Å². The lowest BCUT2D eigenvalue weighted by Crippen LogP contribution is -2.50. The smallest absolute Gasteiger partial charge is 0.331 e. The van der Waals surface area contributed by atoms with Gasteiger partial charge in [-0.25, -0.2) is 9.69 Å². The van der Waals surface area contributed by atoms with Crippen molar-refractivity contribution in [2.24, 2.45) is 5.92 Å². The Balaban J connectivity index is 1.25. The molecule has 2 heterocycles. The monoisotopic (exact) mass is 574 g/mol. The van der Waals surface area contributed by atoms with Crippen molar-refractivity contribution in [1.82, 2.24) is 9.80 Å². The zero-order valence-electron chi connectivity index (χ0n) is 23.5. The second kappa shape index (κ2) is 13.2. The number of carbonyl (C=O) groups excluding carboxylic acids is 2. The number of piperazine rings is 1. The second-order valence-electron chi connectivity index (χ2n) is 10.9. The van der Waals surface area contributed by atoms with E-state index in [2.05, 4.69) is 23.6 Å². The molecular weight excluding hydrogens is 535 g/mol. The maximum atomic E-state index is 13.3. The van der Waals surface area contributed by atoms with Gasteiger partial charge in [0, 0.05) is 51.8 Å². The molecule has 2 aliphatic heterocycles. The third kappa shape index (κ3) is 7.00. The van der Waals surface area contributed by atoms with Crippen LogP contribution >= 0.6 is 23.2 Å². The van der Waals surface area contributed by atoms with Gasteiger partial charge in [-0.2, -0.15) is 0 Å². The first kappa shape index (κ1) is 29.5. The fourth-order valence-electron chi connectivity index (χ4n) is 5.11. The van der Waals surface area contributed by atoms with Gasteiger partial charge < -0.3 is 14.5 Å². The summed E-state index contributed by atoms with van der Waals surface area (Å²) in [6, 6.07) is 11.3. The fourth-order valence-corrected chi connectivity index (χ4v) is 5.52. The molecule has 2 aliphatic rings. The summed E-state index contributed by atoms with van der Waals surface area (Å²) >= 11 is 12.6. The number of nitrogens with zero attached hydrogens (tertiary/aromatic N) is 4. The average molecular weight is 576 g/mol. The maximum Gasteiger partial charge on any atom is 0.331 e. The topological polar surface area (TPSA) is 56.3 Å². The third-order valence-corrected chi connectivity index (χ3v) is 8.81. The molecule has 7 nitrogen and oxygen atoms in total. The van der Waals surface area contributed by atoms with E-state index in [0.29, 0.717) is 46.8 Å². The van der Waals surface area contributed by atoms with Crippen LogP contribution in [0.3, 0.4) is 0 Å². The fraction of sp³-hybridized carbons (Fsp3) is 0.533. The van der Waals surface area contributed by atoms with Crippen LogP contribution in [-0.4, -0.2) is 74.2 Å². The summed E-state index contributed by atoms with van der Waals surface area (Å²) in [5.74, 6) is 0.816. The van der Waals surface area contributed by atoms with Gasteiger partial charge in [0.2, 0.25) is 5.91 Å². The molecule has 2 aromatic rings. The van der Waals surface area contributed by atoms with Crippen LogP contribution in [-0.2, 0) is 11.2 Å². The summed E-state index contributed by atoms with van der Waals surface area (Å²) < 4.78 is 6.05. The highest BCUT2D eigenvalue weighted by Crippen LogP contribution is 2.34. The van der Waals surface area contributed by atoms with E-state index in [1.165, 1.54) is 4.90 Å². The van der Waals surface area contributed by atoms with Crippen LogP contribution in [0.15, 0.2) is 36.4 Å². The van der Waals surface area contributed by atoms with Crippen molar-refractivity contribution in [2.75, 3.05) is 56.2 Å². The Morgan fingerprint density at radius 3 is 2.46 bits per heavy atom. The highest BCUT2D eigenvalue weighted by molar-refractivity contribution is 6.43. The minimum absolute atomic E-state index is 0.0210.